The van der Waals surface area contributed by atoms with Crippen LogP contribution in [0.3, 0.4) is 0 Å². The van der Waals surface area contributed by atoms with Crippen molar-refractivity contribution in [3.63, 3.8) is 0 Å². The van der Waals surface area contributed by atoms with Crippen molar-refractivity contribution in [3.8, 4) is 0 Å². The third kappa shape index (κ3) is 4.95. The predicted octanol–water partition coefficient (Wildman–Crippen LogP) is 1.41. The highest BCUT2D eigenvalue weighted by Crippen LogP contribution is 1.94. The van der Waals surface area contributed by atoms with Gasteiger partial charge in [0.2, 0.25) is 0 Å². The van der Waals surface area contributed by atoms with Gasteiger partial charge >= 0.3 is 5.97 Å². The minimum absolute atomic E-state index is 0.362. The van der Waals surface area contributed by atoms with Gasteiger partial charge in [-0.25, -0.2) is 4.79 Å². The van der Waals surface area contributed by atoms with Crippen LogP contribution in [0.25, 0.3) is 0 Å². The predicted molar refractivity (Wildman–Crippen MR) is 61.4 cm³/mol. The van der Waals surface area contributed by atoms with Crippen molar-refractivity contribution in [1.82, 2.24) is 10.3 Å². The highest BCUT2D eigenvalue weighted by Gasteiger charge is 1.87. The Balaban J connectivity index is 2.23. The Morgan fingerprint density at radius 3 is 2.88 bits per heavy atom. The minimum atomic E-state index is -0.362. The maximum absolute atomic E-state index is 10.7. The summed E-state index contributed by atoms with van der Waals surface area (Å²) in [7, 11) is 1.35. The summed E-state index contributed by atoms with van der Waals surface area (Å²) in [5.41, 5.74) is 1.15. The first-order valence-electron chi connectivity index (χ1n) is 4.86. The average molecular weight is 218 g/mol. The van der Waals surface area contributed by atoms with Crippen molar-refractivity contribution in [2.45, 2.75) is 6.54 Å². The molecular formula is C12H14N2O2. The molecule has 0 amide bonds. The zero-order chi connectivity index (χ0) is 11.6. The monoisotopic (exact) mass is 218 g/mol. The van der Waals surface area contributed by atoms with E-state index >= 15 is 0 Å². The third-order valence-electron chi connectivity index (χ3n) is 1.81. The van der Waals surface area contributed by atoms with E-state index in [9.17, 15) is 4.79 Å². The number of nitrogens with one attached hydrogen (secondary N) is 1. The summed E-state index contributed by atoms with van der Waals surface area (Å²) in [5, 5.41) is 3.08. The molecule has 0 aromatic carbocycles. The fourth-order valence-electron chi connectivity index (χ4n) is 1.00. The Kier molecular flexibility index (Phi) is 5.41. The molecule has 0 spiro atoms. The number of esters is 1. The van der Waals surface area contributed by atoms with E-state index in [2.05, 4.69) is 15.0 Å². The van der Waals surface area contributed by atoms with Crippen LogP contribution in [-0.2, 0) is 16.1 Å². The van der Waals surface area contributed by atoms with Gasteiger partial charge in [0.1, 0.15) is 0 Å². The van der Waals surface area contributed by atoms with Gasteiger partial charge < -0.3 is 10.1 Å². The second kappa shape index (κ2) is 7.23. The number of nitrogens with zero attached hydrogens (tertiary/aromatic N) is 1. The summed E-state index contributed by atoms with van der Waals surface area (Å²) in [6.45, 7) is 0.727. The summed E-state index contributed by atoms with van der Waals surface area (Å²) >= 11 is 0. The zero-order valence-electron chi connectivity index (χ0n) is 9.09. The van der Waals surface area contributed by atoms with Crippen LogP contribution in [0.5, 0.6) is 0 Å². The molecule has 16 heavy (non-hydrogen) atoms. The fraction of sp³-hybridized carbons (Fsp3) is 0.167. The molecule has 0 aliphatic heterocycles. The highest BCUT2D eigenvalue weighted by molar-refractivity contribution is 5.82. The molecule has 0 fully saturated rings. The van der Waals surface area contributed by atoms with Crippen LogP contribution in [0, 0.1) is 0 Å². The number of hydrogen-bond acceptors (Lipinski definition) is 4. The van der Waals surface area contributed by atoms with E-state index in [4.69, 9.17) is 0 Å². The molecule has 4 heteroatoms. The van der Waals surface area contributed by atoms with E-state index in [0.717, 1.165) is 12.1 Å². The molecule has 0 unspecified atom stereocenters. The molecule has 0 aliphatic rings. The van der Waals surface area contributed by atoms with Crippen molar-refractivity contribution in [1.29, 1.82) is 0 Å². The van der Waals surface area contributed by atoms with Gasteiger partial charge in [0.15, 0.2) is 0 Å². The molecule has 1 heterocycles. The molecule has 0 bridgehead atoms. The van der Waals surface area contributed by atoms with Crippen LogP contribution >= 0.6 is 0 Å². The molecule has 1 rings (SSSR count). The van der Waals surface area contributed by atoms with Gasteiger partial charge in [-0.1, -0.05) is 6.08 Å². The summed E-state index contributed by atoms with van der Waals surface area (Å²) in [6.07, 6.45) is 9.96. The van der Waals surface area contributed by atoms with Gasteiger partial charge in [-0.3, -0.25) is 4.98 Å². The average Bonchev–Trinajstić information content (AvgIpc) is 2.34. The number of hydrogen-bond donors (Lipinski definition) is 1. The highest BCUT2D eigenvalue weighted by atomic mass is 16.5. The van der Waals surface area contributed by atoms with Crippen molar-refractivity contribution >= 4 is 5.97 Å². The van der Waals surface area contributed by atoms with Gasteiger partial charge in [-0.2, -0.15) is 0 Å². The van der Waals surface area contributed by atoms with E-state index in [1.54, 1.807) is 30.7 Å². The van der Waals surface area contributed by atoms with E-state index in [1.807, 2.05) is 12.1 Å². The van der Waals surface area contributed by atoms with Crippen LogP contribution < -0.4 is 5.32 Å². The van der Waals surface area contributed by atoms with E-state index in [-0.39, 0.29) is 5.97 Å². The largest absolute Gasteiger partial charge is 0.466 e. The Labute approximate surface area is 94.7 Å². The van der Waals surface area contributed by atoms with Crippen molar-refractivity contribution in [2.24, 2.45) is 0 Å². The summed E-state index contributed by atoms with van der Waals surface area (Å²) in [4.78, 5) is 14.6. The molecule has 4 nitrogen and oxygen atoms in total. The Hall–Kier alpha value is -2.10. The molecule has 1 aromatic heterocycles. The number of allylic oxidation sites excluding steroid dienone is 2. The molecule has 0 atom stereocenters. The number of carbonyl (C=O) groups is 1. The van der Waals surface area contributed by atoms with Gasteiger partial charge in [-0.05, 0) is 30.0 Å². The first-order chi connectivity index (χ1) is 7.83. The molecule has 0 aliphatic carbocycles. The molecule has 1 N–H and O–H groups in total. The molecular weight excluding hydrogens is 204 g/mol. The maximum atomic E-state index is 10.7. The van der Waals surface area contributed by atoms with E-state index in [1.165, 1.54) is 13.2 Å². The van der Waals surface area contributed by atoms with Gasteiger partial charge in [-0.15, -0.1) is 0 Å². The summed E-state index contributed by atoms with van der Waals surface area (Å²) in [6, 6.07) is 3.87. The number of ether oxygens (including phenoxy) is 1. The fourth-order valence-corrected chi connectivity index (χ4v) is 1.00. The minimum Gasteiger partial charge on any atom is -0.466 e. The van der Waals surface area contributed by atoms with Crippen molar-refractivity contribution in [2.75, 3.05) is 7.11 Å². The number of aromatic nitrogens is 1. The standard InChI is InChI=1S/C12H14N2O2/c1-16-12(15)4-2-3-7-14-10-11-5-8-13-9-6-11/h2-9,14H,10H2,1H3/b4-2+,7-3+. The SMILES string of the molecule is COC(=O)/C=C/C=C/NCc1ccncc1. The first kappa shape index (κ1) is 12.0. The number of pyridine rings is 1. The second-order valence-corrected chi connectivity index (χ2v) is 2.98. The number of rotatable bonds is 5. The lowest BCUT2D eigenvalue weighted by Crippen LogP contribution is -2.03. The topological polar surface area (TPSA) is 51.2 Å². The number of methoxy groups -OCH3 is 1. The molecule has 0 saturated carbocycles. The Morgan fingerprint density at radius 1 is 1.44 bits per heavy atom. The Bertz CT molecular complexity index is 372. The molecule has 0 saturated heterocycles. The van der Waals surface area contributed by atoms with E-state index in [0.29, 0.717) is 0 Å². The number of carbonyl (C=O) groups excluding carboxylic acids is 1. The van der Waals surface area contributed by atoms with E-state index < -0.39 is 0 Å². The van der Waals surface area contributed by atoms with Gasteiger partial charge in [0.05, 0.1) is 7.11 Å². The van der Waals surface area contributed by atoms with Crippen molar-refractivity contribution < 1.29 is 9.53 Å². The quantitative estimate of drug-likeness (QED) is 0.461. The van der Waals surface area contributed by atoms with Crippen LogP contribution in [-0.4, -0.2) is 18.1 Å². The third-order valence-corrected chi connectivity index (χ3v) is 1.81. The smallest absolute Gasteiger partial charge is 0.330 e. The lowest BCUT2D eigenvalue weighted by Gasteiger charge is -1.98. The van der Waals surface area contributed by atoms with Crippen molar-refractivity contribution in [3.05, 3.63) is 54.5 Å². The lowest BCUT2D eigenvalue weighted by molar-refractivity contribution is -0.134. The second-order valence-electron chi connectivity index (χ2n) is 2.98. The van der Waals surface area contributed by atoms with Gasteiger partial charge in [0, 0.05) is 25.0 Å². The summed E-state index contributed by atoms with van der Waals surface area (Å²) in [5.74, 6) is -0.362. The molecule has 0 radical (unpaired) electrons. The van der Waals surface area contributed by atoms with Gasteiger partial charge in [0.25, 0.3) is 0 Å². The maximum Gasteiger partial charge on any atom is 0.330 e. The first-order valence-corrected chi connectivity index (χ1v) is 4.86. The molecule has 1 aromatic rings. The zero-order valence-corrected chi connectivity index (χ0v) is 9.09. The normalized spacial score (nSPS) is 10.8. The summed E-state index contributed by atoms with van der Waals surface area (Å²) < 4.78 is 4.44. The Morgan fingerprint density at radius 2 is 2.19 bits per heavy atom. The van der Waals surface area contributed by atoms with Crippen LogP contribution in [0.2, 0.25) is 0 Å². The van der Waals surface area contributed by atoms with Crippen LogP contribution in [0.1, 0.15) is 5.56 Å². The lowest BCUT2D eigenvalue weighted by atomic mass is 10.3. The molecule has 84 valence electrons. The van der Waals surface area contributed by atoms with Crippen LogP contribution in [0.15, 0.2) is 49.0 Å². The van der Waals surface area contributed by atoms with Crippen LogP contribution in [0.4, 0.5) is 0 Å².